The summed E-state index contributed by atoms with van der Waals surface area (Å²) in [6, 6.07) is 6.67. The minimum absolute atomic E-state index is 0.215. The van der Waals surface area contributed by atoms with Crippen LogP contribution in [-0.4, -0.2) is 19.8 Å². The summed E-state index contributed by atoms with van der Waals surface area (Å²) in [5.74, 6) is 3.08. The molecule has 0 bridgehead atoms. The molecule has 0 unspecified atom stereocenters. The Morgan fingerprint density at radius 1 is 0.667 bits per heavy atom. The maximum atomic E-state index is 6.35. The van der Waals surface area contributed by atoms with Crippen LogP contribution in [0.15, 0.2) is 18.2 Å². The molecule has 206 valence electrons. The van der Waals surface area contributed by atoms with E-state index in [9.17, 15) is 0 Å². The van der Waals surface area contributed by atoms with Crippen molar-refractivity contribution in [1.29, 1.82) is 0 Å². The quantitative estimate of drug-likeness (QED) is 0.199. The fourth-order valence-corrected chi connectivity index (χ4v) is 6.16. The number of ether oxygens (including phenoxy) is 3. The molecule has 1 aromatic rings. The van der Waals surface area contributed by atoms with E-state index < -0.39 is 0 Å². The van der Waals surface area contributed by atoms with Crippen molar-refractivity contribution in [2.45, 2.75) is 142 Å². The average Bonchev–Trinajstić information content (AvgIpc) is 2.92. The van der Waals surface area contributed by atoms with Crippen LogP contribution >= 0.6 is 0 Å². The number of unbranched alkanes of at least 4 members (excludes halogenated alkanes) is 8. The van der Waals surface area contributed by atoms with Gasteiger partial charge in [-0.05, 0) is 74.1 Å². The number of benzene rings is 1. The Bertz CT molecular complexity index is 686. The van der Waals surface area contributed by atoms with Gasteiger partial charge < -0.3 is 14.2 Å². The van der Waals surface area contributed by atoms with E-state index >= 15 is 0 Å². The summed E-state index contributed by atoms with van der Waals surface area (Å²) in [5.41, 5.74) is 2.68. The minimum atomic E-state index is -0.215. The monoisotopic (exact) mass is 500 g/mol. The Kier molecular flexibility index (Phi) is 14.3. The SMILES string of the molecule is CCCCCCCC1CCC(c2cc(OCCC)ccc2C2OCC(CCCCCCC)CO2)CC1. The molecular weight excluding hydrogens is 444 g/mol. The standard InChI is InChI=1S/C33H56O3/c1-4-7-9-11-13-15-27-17-19-29(20-18-27)32-24-30(34-23-6-3)21-22-31(32)33-35-25-28(26-36-33)16-14-12-10-8-5-2/h21-22,24,27-29,33H,4-20,23,25-26H2,1-3H3. The normalized spacial score (nSPS) is 24.6. The second-order valence-corrected chi connectivity index (χ2v) is 11.6. The topological polar surface area (TPSA) is 27.7 Å². The third-order valence-electron chi connectivity index (χ3n) is 8.47. The lowest BCUT2D eigenvalue weighted by Gasteiger charge is -2.34. The zero-order chi connectivity index (χ0) is 25.4. The van der Waals surface area contributed by atoms with Gasteiger partial charge in [0, 0.05) is 11.5 Å². The molecule has 2 aliphatic rings. The Morgan fingerprint density at radius 2 is 1.28 bits per heavy atom. The van der Waals surface area contributed by atoms with Gasteiger partial charge in [0.2, 0.25) is 0 Å². The largest absolute Gasteiger partial charge is 0.494 e. The Labute approximate surface area is 223 Å². The van der Waals surface area contributed by atoms with E-state index in [1.54, 1.807) is 0 Å². The summed E-state index contributed by atoms with van der Waals surface area (Å²) in [6.07, 6.45) is 22.5. The van der Waals surface area contributed by atoms with E-state index in [4.69, 9.17) is 14.2 Å². The molecule has 1 heterocycles. The van der Waals surface area contributed by atoms with Gasteiger partial charge in [-0.15, -0.1) is 0 Å². The molecule has 0 aromatic heterocycles. The van der Waals surface area contributed by atoms with Crippen LogP contribution in [0.4, 0.5) is 0 Å². The molecule has 0 spiro atoms. The van der Waals surface area contributed by atoms with Gasteiger partial charge in [-0.25, -0.2) is 0 Å². The lowest BCUT2D eigenvalue weighted by atomic mass is 9.76. The van der Waals surface area contributed by atoms with Crippen molar-refractivity contribution >= 4 is 0 Å². The van der Waals surface area contributed by atoms with Gasteiger partial charge in [-0.2, -0.15) is 0 Å². The molecule has 1 saturated carbocycles. The van der Waals surface area contributed by atoms with Crippen LogP contribution in [0.3, 0.4) is 0 Å². The molecule has 1 aliphatic carbocycles. The van der Waals surface area contributed by atoms with Gasteiger partial charge in [-0.1, -0.05) is 91.4 Å². The first kappa shape index (κ1) is 29.5. The van der Waals surface area contributed by atoms with Crippen molar-refractivity contribution in [2.24, 2.45) is 11.8 Å². The minimum Gasteiger partial charge on any atom is -0.494 e. The molecule has 3 rings (SSSR count). The van der Waals surface area contributed by atoms with Gasteiger partial charge in [0.25, 0.3) is 0 Å². The van der Waals surface area contributed by atoms with E-state index in [1.807, 2.05) is 0 Å². The van der Waals surface area contributed by atoms with Gasteiger partial charge >= 0.3 is 0 Å². The van der Waals surface area contributed by atoms with Crippen LogP contribution in [-0.2, 0) is 9.47 Å². The van der Waals surface area contributed by atoms with Crippen LogP contribution in [0.1, 0.15) is 153 Å². The average molecular weight is 501 g/mol. The third-order valence-corrected chi connectivity index (χ3v) is 8.47. The highest BCUT2D eigenvalue weighted by Crippen LogP contribution is 2.42. The van der Waals surface area contributed by atoms with Crippen molar-refractivity contribution < 1.29 is 14.2 Å². The summed E-state index contributed by atoms with van der Waals surface area (Å²) in [7, 11) is 0. The lowest BCUT2D eigenvalue weighted by Crippen LogP contribution is -2.28. The maximum Gasteiger partial charge on any atom is 0.184 e. The van der Waals surface area contributed by atoms with Crippen molar-refractivity contribution in [2.75, 3.05) is 19.8 Å². The smallest absolute Gasteiger partial charge is 0.184 e. The summed E-state index contributed by atoms with van der Waals surface area (Å²) in [4.78, 5) is 0. The fourth-order valence-electron chi connectivity index (χ4n) is 6.16. The van der Waals surface area contributed by atoms with E-state index in [1.165, 1.54) is 114 Å². The first-order valence-electron chi connectivity index (χ1n) is 15.7. The first-order chi connectivity index (χ1) is 17.7. The van der Waals surface area contributed by atoms with Crippen LogP contribution in [0, 0.1) is 11.8 Å². The predicted octanol–water partition coefficient (Wildman–Crippen LogP) is 10.1. The number of hydrogen-bond donors (Lipinski definition) is 0. The van der Waals surface area contributed by atoms with E-state index in [2.05, 4.69) is 39.0 Å². The van der Waals surface area contributed by atoms with Crippen molar-refractivity contribution in [1.82, 2.24) is 0 Å². The highest BCUT2D eigenvalue weighted by Gasteiger charge is 2.30. The molecule has 1 saturated heterocycles. The molecule has 3 nitrogen and oxygen atoms in total. The van der Waals surface area contributed by atoms with Crippen LogP contribution < -0.4 is 4.74 Å². The fraction of sp³-hybridized carbons (Fsp3) is 0.818. The van der Waals surface area contributed by atoms with Crippen molar-refractivity contribution in [3.63, 3.8) is 0 Å². The molecule has 1 aromatic carbocycles. The van der Waals surface area contributed by atoms with Crippen molar-refractivity contribution in [3.05, 3.63) is 29.3 Å². The van der Waals surface area contributed by atoms with Gasteiger partial charge in [0.1, 0.15) is 5.75 Å². The number of rotatable bonds is 17. The van der Waals surface area contributed by atoms with Crippen molar-refractivity contribution in [3.8, 4) is 5.75 Å². The molecular formula is C33H56O3. The second-order valence-electron chi connectivity index (χ2n) is 11.6. The Balaban J connectivity index is 1.54. The third kappa shape index (κ3) is 10.0. The molecule has 3 heteroatoms. The van der Waals surface area contributed by atoms with E-state index in [0.29, 0.717) is 11.8 Å². The van der Waals surface area contributed by atoms with Crippen LogP contribution in [0.2, 0.25) is 0 Å². The molecule has 1 aliphatic heterocycles. The molecule has 2 fully saturated rings. The van der Waals surface area contributed by atoms with E-state index in [-0.39, 0.29) is 6.29 Å². The molecule has 36 heavy (non-hydrogen) atoms. The highest BCUT2D eigenvalue weighted by atomic mass is 16.7. The molecule has 0 atom stereocenters. The van der Waals surface area contributed by atoms with E-state index in [0.717, 1.165) is 37.9 Å². The zero-order valence-electron chi connectivity index (χ0n) is 23.9. The predicted molar refractivity (Wildman–Crippen MR) is 152 cm³/mol. The molecule has 0 radical (unpaired) electrons. The highest BCUT2D eigenvalue weighted by molar-refractivity contribution is 5.39. The summed E-state index contributed by atoms with van der Waals surface area (Å²) >= 11 is 0. The van der Waals surface area contributed by atoms with Gasteiger partial charge in [0.15, 0.2) is 6.29 Å². The van der Waals surface area contributed by atoms with Crippen LogP contribution in [0.5, 0.6) is 5.75 Å². The Hall–Kier alpha value is -1.06. The summed E-state index contributed by atoms with van der Waals surface area (Å²) in [6.45, 7) is 9.19. The summed E-state index contributed by atoms with van der Waals surface area (Å²) < 4.78 is 18.7. The summed E-state index contributed by atoms with van der Waals surface area (Å²) in [5, 5.41) is 0. The lowest BCUT2D eigenvalue weighted by molar-refractivity contribution is -0.206. The van der Waals surface area contributed by atoms with Gasteiger partial charge in [0.05, 0.1) is 19.8 Å². The Morgan fingerprint density at radius 3 is 1.89 bits per heavy atom. The second kappa shape index (κ2) is 17.4. The number of hydrogen-bond acceptors (Lipinski definition) is 3. The molecule has 0 N–H and O–H groups in total. The first-order valence-corrected chi connectivity index (χ1v) is 15.7. The molecule has 0 amide bonds. The zero-order valence-corrected chi connectivity index (χ0v) is 23.9. The van der Waals surface area contributed by atoms with Gasteiger partial charge in [-0.3, -0.25) is 0 Å². The van der Waals surface area contributed by atoms with Crippen LogP contribution in [0.25, 0.3) is 0 Å². The maximum absolute atomic E-state index is 6.35.